The molecule has 0 saturated heterocycles. The third kappa shape index (κ3) is 5.99. The number of carbonyl (C=O) groups is 1. The standard InChI is InChI=1S/C21H19F2N3O2S/c1-13-18(10-19(27)24-11-14-2-6-16(22)7-3-14)20(28)26-21(25-13)29-12-15-4-8-17(23)9-5-15/h2-9H,10-12H2,1H3,(H,24,27)(H,25,26,28). The molecule has 3 rings (SSSR count). The van der Waals surface area contributed by atoms with Crippen LogP contribution in [0.2, 0.25) is 0 Å². The summed E-state index contributed by atoms with van der Waals surface area (Å²) in [5, 5.41) is 3.15. The summed E-state index contributed by atoms with van der Waals surface area (Å²) in [7, 11) is 0. The van der Waals surface area contributed by atoms with E-state index in [0.29, 0.717) is 22.2 Å². The predicted octanol–water partition coefficient (Wildman–Crippen LogP) is 3.51. The maximum atomic E-state index is 13.0. The molecule has 0 spiro atoms. The van der Waals surface area contributed by atoms with Crippen LogP contribution < -0.4 is 10.9 Å². The number of thioether (sulfide) groups is 1. The molecule has 2 aromatic carbocycles. The summed E-state index contributed by atoms with van der Waals surface area (Å²) in [6.45, 7) is 1.93. The van der Waals surface area contributed by atoms with E-state index in [1.54, 1.807) is 31.2 Å². The van der Waals surface area contributed by atoms with E-state index in [2.05, 4.69) is 15.3 Å². The number of halogens is 2. The van der Waals surface area contributed by atoms with Crippen molar-refractivity contribution in [2.45, 2.75) is 30.8 Å². The number of aromatic nitrogens is 2. The molecular formula is C21H19F2N3O2S. The average molecular weight is 415 g/mol. The van der Waals surface area contributed by atoms with Crippen molar-refractivity contribution in [3.05, 3.63) is 92.9 Å². The minimum Gasteiger partial charge on any atom is -0.352 e. The van der Waals surface area contributed by atoms with Gasteiger partial charge in [0, 0.05) is 23.6 Å². The van der Waals surface area contributed by atoms with Gasteiger partial charge in [0.05, 0.1) is 6.42 Å². The van der Waals surface area contributed by atoms with Crippen molar-refractivity contribution in [1.29, 1.82) is 0 Å². The fourth-order valence-electron chi connectivity index (χ4n) is 2.62. The molecule has 0 radical (unpaired) electrons. The zero-order valence-corrected chi connectivity index (χ0v) is 16.5. The third-order valence-electron chi connectivity index (χ3n) is 4.23. The lowest BCUT2D eigenvalue weighted by atomic mass is 10.1. The molecule has 29 heavy (non-hydrogen) atoms. The Morgan fingerprint density at radius 1 is 1.03 bits per heavy atom. The number of H-pyrrole nitrogens is 1. The fraction of sp³-hybridized carbons (Fsp3) is 0.190. The monoisotopic (exact) mass is 415 g/mol. The van der Waals surface area contributed by atoms with Crippen LogP contribution >= 0.6 is 11.8 Å². The maximum Gasteiger partial charge on any atom is 0.255 e. The minimum atomic E-state index is -0.365. The molecule has 1 amide bonds. The summed E-state index contributed by atoms with van der Waals surface area (Å²) in [5.74, 6) is -0.439. The van der Waals surface area contributed by atoms with E-state index < -0.39 is 0 Å². The van der Waals surface area contributed by atoms with Crippen LogP contribution in [0.5, 0.6) is 0 Å². The first-order valence-corrected chi connectivity index (χ1v) is 9.87. The highest BCUT2D eigenvalue weighted by Crippen LogP contribution is 2.19. The Balaban J connectivity index is 1.59. The van der Waals surface area contributed by atoms with E-state index in [1.807, 2.05) is 0 Å². The summed E-state index contributed by atoms with van der Waals surface area (Å²) < 4.78 is 25.9. The Morgan fingerprint density at radius 2 is 1.62 bits per heavy atom. The number of nitrogens with one attached hydrogen (secondary N) is 2. The quantitative estimate of drug-likeness (QED) is 0.458. The number of nitrogens with zero attached hydrogens (tertiary/aromatic N) is 1. The number of hydrogen-bond acceptors (Lipinski definition) is 4. The zero-order valence-electron chi connectivity index (χ0n) is 15.7. The third-order valence-corrected chi connectivity index (χ3v) is 5.17. The van der Waals surface area contributed by atoms with Crippen LogP contribution in [0.1, 0.15) is 22.4 Å². The Hall–Kier alpha value is -3.00. The number of aryl methyl sites for hydroxylation is 1. The van der Waals surface area contributed by atoms with E-state index in [4.69, 9.17) is 0 Å². The number of aromatic amines is 1. The second-order valence-corrected chi connectivity index (χ2v) is 7.39. The van der Waals surface area contributed by atoms with Crippen LogP contribution in [-0.2, 0) is 23.5 Å². The zero-order chi connectivity index (χ0) is 20.8. The Labute approximate surface area is 170 Å². The normalized spacial score (nSPS) is 10.7. The van der Waals surface area contributed by atoms with Crippen molar-refractivity contribution in [1.82, 2.24) is 15.3 Å². The summed E-state index contributed by atoms with van der Waals surface area (Å²) in [4.78, 5) is 31.6. The second kappa shape index (κ2) is 9.47. The predicted molar refractivity (Wildman–Crippen MR) is 108 cm³/mol. The van der Waals surface area contributed by atoms with Gasteiger partial charge in [-0.15, -0.1) is 0 Å². The van der Waals surface area contributed by atoms with Gasteiger partial charge >= 0.3 is 0 Å². The number of hydrogen-bond donors (Lipinski definition) is 2. The molecule has 1 heterocycles. The number of amides is 1. The van der Waals surface area contributed by atoms with Crippen LogP contribution in [0.15, 0.2) is 58.5 Å². The highest BCUT2D eigenvalue weighted by Gasteiger charge is 2.13. The lowest BCUT2D eigenvalue weighted by molar-refractivity contribution is -0.120. The van der Waals surface area contributed by atoms with E-state index in [-0.39, 0.29) is 36.1 Å². The van der Waals surface area contributed by atoms with Gasteiger partial charge in [0.2, 0.25) is 5.91 Å². The van der Waals surface area contributed by atoms with Crippen LogP contribution in [0.3, 0.4) is 0 Å². The van der Waals surface area contributed by atoms with Gasteiger partial charge in [0.1, 0.15) is 11.6 Å². The molecule has 0 aliphatic carbocycles. The molecule has 0 aliphatic rings. The smallest absolute Gasteiger partial charge is 0.255 e. The lowest BCUT2D eigenvalue weighted by Crippen LogP contribution is -2.28. The van der Waals surface area contributed by atoms with Gasteiger partial charge in [-0.25, -0.2) is 13.8 Å². The van der Waals surface area contributed by atoms with Gasteiger partial charge in [0.25, 0.3) is 5.56 Å². The highest BCUT2D eigenvalue weighted by atomic mass is 32.2. The summed E-state index contributed by atoms with van der Waals surface area (Å²) in [6, 6.07) is 11.9. The minimum absolute atomic E-state index is 0.0989. The van der Waals surface area contributed by atoms with Crippen molar-refractivity contribution in [3.63, 3.8) is 0 Å². The van der Waals surface area contributed by atoms with Crippen LogP contribution in [-0.4, -0.2) is 15.9 Å². The summed E-state index contributed by atoms with van der Waals surface area (Å²) in [6.07, 6.45) is -0.0989. The van der Waals surface area contributed by atoms with Gasteiger partial charge in [-0.1, -0.05) is 36.0 Å². The molecule has 150 valence electrons. The molecular weight excluding hydrogens is 396 g/mol. The Kier molecular flexibility index (Phi) is 6.77. The van der Waals surface area contributed by atoms with Crippen LogP contribution in [0, 0.1) is 18.6 Å². The fourth-order valence-corrected chi connectivity index (χ4v) is 3.48. The summed E-state index contributed by atoms with van der Waals surface area (Å²) >= 11 is 1.32. The van der Waals surface area contributed by atoms with Gasteiger partial charge < -0.3 is 10.3 Å². The van der Waals surface area contributed by atoms with Crippen molar-refractivity contribution < 1.29 is 13.6 Å². The topological polar surface area (TPSA) is 74.8 Å². The molecule has 5 nitrogen and oxygen atoms in total. The SMILES string of the molecule is Cc1nc(SCc2ccc(F)cc2)[nH]c(=O)c1CC(=O)NCc1ccc(F)cc1. The molecule has 0 unspecified atom stereocenters. The molecule has 0 saturated carbocycles. The Morgan fingerprint density at radius 3 is 2.21 bits per heavy atom. The Bertz CT molecular complexity index is 1050. The molecule has 3 aromatic rings. The molecule has 0 fully saturated rings. The number of rotatable bonds is 7. The van der Waals surface area contributed by atoms with E-state index in [1.165, 1.54) is 36.0 Å². The first kappa shape index (κ1) is 20.7. The first-order chi connectivity index (χ1) is 13.9. The van der Waals surface area contributed by atoms with Gasteiger partial charge in [-0.3, -0.25) is 9.59 Å². The van der Waals surface area contributed by atoms with Crippen LogP contribution in [0.25, 0.3) is 0 Å². The molecule has 0 bridgehead atoms. The van der Waals surface area contributed by atoms with E-state index >= 15 is 0 Å². The molecule has 0 aliphatic heterocycles. The molecule has 0 atom stereocenters. The van der Waals surface area contributed by atoms with Crippen molar-refractivity contribution >= 4 is 17.7 Å². The average Bonchev–Trinajstić information content (AvgIpc) is 2.70. The van der Waals surface area contributed by atoms with Crippen molar-refractivity contribution in [3.8, 4) is 0 Å². The van der Waals surface area contributed by atoms with Crippen molar-refractivity contribution in [2.75, 3.05) is 0 Å². The van der Waals surface area contributed by atoms with E-state index in [0.717, 1.165) is 11.1 Å². The van der Waals surface area contributed by atoms with Crippen molar-refractivity contribution in [2.24, 2.45) is 0 Å². The number of benzene rings is 2. The number of carbonyl (C=O) groups excluding carboxylic acids is 1. The summed E-state index contributed by atoms with van der Waals surface area (Å²) in [5.41, 5.74) is 2.08. The van der Waals surface area contributed by atoms with Gasteiger partial charge in [-0.2, -0.15) is 0 Å². The largest absolute Gasteiger partial charge is 0.352 e. The lowest BCUT2D eigenvalue weighted by Gasteiger charge is -2.08. The van der Waals surface area contributed by atoms with Gasteiger partial charge in [-0.05, 0) is 42.3 Å². The maximum absolute atomic E-state index is 13.0. The van der Waals surface area contributed by atoms with Gasteiger partial charge in [0.15, 0.2) is 5.16 Å². The second-order valence-electron chi connectivity index (χ2n) is 6.43. The van der Waals surface area contributed by atoms with E-state index in [9.17, 15) is 18.4 Å². The molecule has 2 N–H and O–H groups in total. The van der Waals surface area contributed by atoms with Crippen LogP contribution in [0.4, 0.5) is 8.78 Å². The first-order valence-electron chi connectivity index (χ1n) is 8.89. The highest BCUT2D eigenvalue weighted by molar-refractivity contribution is 7.98. The molecule has 8 heteroatoms. The molecule has 1 aromatic heterocycles.